The standard InChI is InChI=1S/C20H17ClFN3O2S/c1-12-19(13(2)26)28-20(24-12)25-23-10-14-6-8-15(9-7-14)27-11-16-17(21)4-3-5-18(16)22/h3-10H,11H2,1-2H3,(H,24,25)/b23-10+. The molecule has 0 aliphatic carbocycles. The summed E-state index contributed by atoms with van der Waals surface area (Å²) < 4.78 is 19.4. The number of nitrogens with zero attached hydrogens (tertiary/aromatic N) is 2. The number of hydrogen-bond acceptors (Lipinski definition) is 6. The Bertz CT molecular complexity index is 999. The van der Waals surface area contributed by atoms with E-state index in [1.807, 2.05) is 12.1 Å². The Labute approximate surface area is 170 Å². The van der Waals surface area contributed by atoms with E-state index in [0.29, 0.717) is 32.0 Å². The number of nitrogens with one attached hydrogen (secondary N) is 1. The van der Waals surface area contributed by atoms with E-state index in [0.717, 1.165) is 5.56 Å². The van der Waals surface area contributed by atoms with Crippen LogP contribution in [0.15, 0.2) is 47.6 Å². The molecule has 0 saturated heterocycles. The van der Waals surface area contributed by atoms with Crippen molar-refractivity contribution in [2.45, 2.75) is 20.5 Å². The number of aromatic nitrogens is 1. The Morgan fingerprint density at radius 2 is 2.07 bits per heavy atom. The van der Waals surface area contributed by atoms with Gasteiger partial charge in [0, 0.05) is 12.5 Å². The number of Topliss-reactive ketones (excluding diaryl/α,β-unsaturated/α-hetero) is 1. The first-order chi connectivity index (χ1) is 13.4. The average Bonchev–Trinajstić information content (AvgIpc) is 3.03. The molecule has 5 nitrogen and oxygen atoms in total. The van der Waals surface area contributed by atoms with Crippen LogP contribution >= 0.6 is 22.9 Å². The fourth-order valence-corrected chi connectivity index (χ4v) is 3.44. The van der Waals surface area contributed by atoms with Crippen molar-refractivity contribution in [2.75, 3.05) is 5.43 Å². The van der Waals surface area contributed by atoms with Gasteiger partial charge in [0.2, 0.25) is 5.13 Å². The van der Waals surface area contributed by atoms with Gasteiger partial charge >= 0.3 is 0 Å². The predicted octanol–water partition coefficient (Wildman–Crippen LogP) is 5.47. The maximum atomic E-state index is 13.8. The number of hydrazone groups is 1. The molecule has 3 aromatic rings. The highest BCUT2D eigenvalue weighted by atomic mass is 35.5. The Morgan fingerprint density at radius 1 is 1.32 bits per heavy atom. The van der Waals surface area contributed by atoms with E-state index < -0.39 is 5.82 Å². The van der Waals surface area contributed by atoms with Crippen LogP contribution in [0, 0.1) is 12.7 Å². The molecule has 0 amide bonds. The molecule has 0 aliphatic rings. The number of carbonyl (C=O) groups excluding carboxylic acids is 1. The van der Waals surface area contributed by atoms with Crippen molar-refractivity contribution in [3.8, 4) is 5.75 Å². The van der Waals surface area contributed by atoms with Crippen LogP contribution in [0.2, 0.25) is 5.02 Å². The Balaban J connectivity index is 1.57. The third-order valence-corrected chi connectivity index (χ3v) is 5.33. The second-order valence-corrected chi connectivity index (χ2v) is 7.32. The molecule has 0 atom stereocenters. The highest BCUT2D eigenvalue weighted by Crippen LogP contribution is 2.23. The number of ether oxygens (including phenoxy) is 1. The molecule has 0 aliphatic heterocycles. The van der Waals surface area contributed by atoms with Gasteiger partial charge in [-0.15, -0.1) is 0 Å². The van der Waals surface area contributed by atoms with E-state index in [-0.39, 0.29) is 12.4 Å². The zero-order valence-corrected chi connectivity index (χ0v) is 16.8. The predicted molar refractivity (Wildman–Crippen MR) is 110 cm³/mol. The maximum Gasteiger partial charge on any atom is 0.204 e. The van der Waals surface area contributed by atoms with Crippen molar-refractivity contribution >= 4 is 40.1 Å². The van der Waals surface area contributed by atoms with Crippen molar-refractivity contribution in [3.05, 3.63) is 75.0 Å². The van der Waals surface area contributed by atoms with Crippen molar-refractivity contribution < 1.29 is 13.9 Å². The van der Waals surface area contributed by atoms with Crippen molar-refractivity contribution in [2.24, 2.45) is 5.10 Å². The van der Waals surface area contributed by atoms with Gasteiger partial charge in [0.15, 0.2) is 5.78 Å². The third-order valence-electron chi connectivity index (χ3n) is 3.82. The summed E-state index contributed by atoms with van der Waals surface area (Å²) in [6.07, 6.45) is 1.63. The number of ketones is 1. The van der Waals surface area contributed by atoms with E-state index in [1.165, 1.54) is 24.3 Å². The highest BCUT2D eigenvalue weighted by molar-refractivity contribution is 7.17. The molecular weight excluding hydrogens is 401 g/mol. The molecule has 2 aromatic carbocycles. The molecule has 144 valence electrons. The van der Waals surface area contributed by atoms with Gasteiger partial charge < -0.3 is 4.74 Å². The molecular formula is C20H17ClFN3O2S. The van der Waals surface area contributed by atoms with Crippen LogP contribution in [0.1, 0.15) is 33.4 Å². The van der Waals surface area contributed by atoms with E-state index in [2.05, 4.69) is 15.5 Å². The second kappa shape index (κ2) is 8.95. The number of rotatable bonds is 7. The van der Waals surface area contributed by atoms with Crippen LogP contribution in [0.5, 0.6) is 5.75 Å². The van der Waals surface area contributed by atoms with Crippen LogP contribution in [-0.2, 0) is 6.61 Å². The first kappa shape index (κ1) is 20.0. The number of halogens is 2. The summed E-state index contributed by atoms with van der Waals surface area (Å²) in [4.78, 5) is 16.3. The van der Waals surface area contributed by atoms with Gasteiger partial charge in [0.1, 0.15) is 18.2 Å². The van der Waals surface area contributed by atoms with Crippen molar-refractivity contribution in [1.82, 2.24) is 4.98 Å². The van der Waals surface area contributed by atoms with Crippen LogP contribution < -0.4 is 10.2 Å². The van der Waals surface area contributed by atoms with E-state index in [9.17, 15) is 9.18 Å². The number of benzene rings is 2. The largest absolute Gasteiger partial charge is 0.489 e. The number of aryl methyl sites for hydroxylation is 1. The lowest BCUT2D eigenvalue weighted by atomic mass is 10.2. The minimum atomic E-state index is -0.396. The molecule has 0 bridgehead atoms. The van der Waals surface area contributed by atoms with E-state index >= 15 is 0 Å². The highest BCUT2D eigenvalue weighted by Gasteiger charge is 2.10. The third kappa shape index (κ3) is 4.94. The monoisotopic (exact) mass is 417 g/mol. The molecule has 0 spiro atoms. The van der Waals surface area contributed by atoms with Crippen LogP contribution in [-0.4, -0.2) is 17.0 Å². The summed E-state index contributed by atoms with van der Waals surface area (Å²) in [5.74, 6) is 0.179. The summed E-state index contributed by atoms with van der Waals surface area (Å²) in [5, 5.41) is 5.02. The zero-order valence-electron chi connectivity index (χ0n) is 15.2. The average molecular weight is 418 g/mol. The number of thiazole rings is 1. The molecule has 1 aromatic heterocycles. The first-order valence-electron chi connectivity index (χ1n) is 8.37. The minimum Gasteiger partial charge on any atom is -0.489 e. The lowest BCUT2D eigenvalue weighted by molar-refractivity contribution is 0.102. The minimum absolute atomic E-state index is 0.0145. The zero-order chi connectivity index (χ0) is 20.1. The van der Waals surface area contributed by atoms with E-state index in [4.69, 9.17) is 16.3 Å². The maximum absolute atomic E-state index is 13.8. The Kier molecular flexibility index (Phi) is 6.38. The van der Waals surface area contributed by atoms with Crippen molar-refractivity contribution in [3.63, 3.8) is 0 Å². The lowest BCUT2D eigenvalue weighted by Gasteiger charge is -2.08. The second-order valence-electron chi connectivity index (χ2n) is 5.92. The normalized spacial score (nSPS) is 11.0. The lowest BCUT2D eigenvalue weighted by Crippen LogP contribution is -1.99. The van der Waals surface area contributed by atoms with Gasteiger partial charge in [0.25, 0.3) is 0 Å². The molecule has 8 heteroatoms. The number of anilines is 1. The van der Waals surface area contributed by atoms with Crippen molar-refractivity contribution in [1.29, 1.82) is 0 Å². The number of hydrogen-bond donors (Lipinski definition) is 1. The Hall–Kier alpha value is -2.77. The summed E-state index contributed by atoms with van der Waals surface area (Å²) >= 11 is 7.25. The molecule has 3 rings (SSSR count). The first-order valence-corrected chi connectivity index (χ1v) is 9.56. The van der Waals surface area contributed by atoms with Gasteiger partial charge in [-0.05, 0) is 48.9 Å². The summed E-state index contributed by atoms with van der Waals surface area (Å²) in [6, 6.07) is 11.7. The fraction of sp³-hybridized carbons (Fsp3) is 0.150. The molecule has 0 saturated carbocycles. The van der Waals surface area contributed by atoms with Crippen LogP contribution in [0.3, 0.4) is 0 Å². The van der Waals surface area contributed by atoms with Gasteiger partial charge in [-0.3, -0.25) is 10.2 Å². The summed E-state index contributed by atoms with van der Waals surface area (Å²) in [5.41, 5.74) is 4.67. The fourth-order valence-electron chi connectivity index (χ4n) is 2.41. The summed E-state index contributed by atoms with van der Waals surface area (Å²) in [6.45, 7) is 3.34. The van der Waals surface area contributed by atoms with Crippen LogP contribution in [0.25, 0.3) is 0 Å². The smallest absolute Gasteiger partial charge is 0.204 e. The quantitative estimate of drug-likeness (QED) is 0.314. The molecule has 0 fully saturated rings. The van der Waals surface area contributed by atoms with Gasteiger partial charge in [-0.25, -0.2) is 9.37 Å². The number of carbonyl (C=O) groups is 1. The van der Waals surface area contributed by atoms with E-state index in [1.54, 1.807) is 37.4 Å². The Morgan fingerprint density at radius 3 is 2.71 bits per heavy atom. The topological polar surface area (TPSA) is 63.6 Å². The molecule has 0 radical (unpaired) electrons. The SMILES string of the molecule is CC(=O)c1sc(N/N=C/c2ccc(OCc3c(F)cccc3Cl)cc2)nc1C. The molecule has 0 unspecified atom stereocenters. The van der Waals surface area contributed by atoms with Gasteiger partial charge in [-0.2, -0.15) is 5.10 Å². The van der Waals surface area contributed by atoms with Gasteiger partial charge in [0.05, 0.1) is 21.8 Å². The molecule has 28 heavy (non-hydrogen) atoms. The summed E-state index contributed by atoms with van der Waals surface area (Å²) in [7, 11) is 0. The molecule has 1 heterocycles. The van der Waals surface area contributed by atoms with Gasteiger partial charge in [-0.1, -0.05) is 29.0 Å². The molecule has 1 N–H and O–H groups in total. The van der Waals surface area contributed by atoms with Crippen LogP contribution in [0.4, 0.5) is 9.52 Å².